The van der Waals surface area contributed by atoms with Gasteiger partial charge in [0.1, 0.15) is 0 Å². The fourth-order valence-corrected chi connectivity index (χ4v) is 2.61. The number of hydrogen-bond donors (Lipinski definition) is 1. The van der Waals surface area contributed by atoms with Crippen molar-refractivity contribution in [2.45, 2.75) is 6.54 Å². The predicted octanol–water partition coefficient (Wildman–Crippen LogP) is 2.34. The van der Waals surface area contributed by atoms with Crippen LogP contribution in [-0.4, -0.2) is 36.1 Å². The lowest BCUT2D eigenvalue weighted by atomic mass is 10.0. The minimum Gasteiger partial charge on any atom is -0.296 e. The summed E-state index contributed by atoms with van der Waals surface area (Å²) in [5, 5.41) is 1.90. The molecule has 1 aliphatic rings. The summed E-state index contributed by atoms with van der Waals surface area (Å²) in [4.78, 5) is 2.46. The predicted molar refractivity (Wildman–Crippen MR) is 82.9 cm³/mol. The molecule has 0 radical (unpaired) electrons. The molecule has 2 aromatic carbocycles. The highest BCUT2D eigenvalue weighted by atomic mass is 15.4. The Morgan fingerprint density at radius 3 is 2.00 bits per heavy atom. The van der Waals surface area contributed by atoms with E-state index < -0.39 is 0 Å². The summed E-state index contributed by atoms with van der Waals surface area (Å²) < 4.78 is 0. The first-order valence-electron chi connectivity index (χ1n) is 7.17. The summed E-state index contributed by atoms with van der Waals surface area (Å²) in [7, 11) is 0. The van der Waals surface area contributed by atoms with E-state index in [0.29, 0.717) is 0 Å². The maximum Gasteiger partial charge on any atom is 0.0257 e. The van der Waals surface area contributed by atoms with E-state index in [-0.39, 0.29) is 0 Å². The molecule has 0 aromatic heterocycles. The Morgan fingerprint density at radius 1 is 0.750 bits per heavy atom. The maximum absolute atomic E-state index is 5.78. The fraction of sp³-hybridized carbons (Fsp3) is 0.294. The Labute approximate surface area is 120 Å². The smallest absolute Gasteiger partial charge is 0.0257 e. The van der Waals surface area contributed by atoms with Gasteiger partial charge in [-0.2, -0.15) is 0 Å². The molecule has 0 aliphatic carbocycles. The molecule has 0 atom stereocenters. The standard InChI is InChI=1S/C17H21N3/c18-20-12-10-19(11-13-20)14-15-6-8-17(9-7-15)16-4-2-1-3-5-16/h1-9H,10-14,18H2. The van der Waals surface area contributed by atoms with E-state index in [1.54, 1.807) is 0 Å². The minimum absolute atomic E-state index is 0.960. The molecule has 1 fully saturated rings. The van der Waals surface area contributed by atoms with Crippen molar-refractivity contribution in [2.24, 2.45) is 5.84 Å². The first-order chi connectivity index (χ1) is 9.81. The van der Waals surface area contributed by atoms with Crippen molar-refractivity contribution < 1.29 is 0 Å². The van der Waals surface area contributed by atoms with Gasteiger partial charge in [-0.15, -0.1) is 0 Å². The van der Waals surface area contributed by atoms with Crippen LogP contribution in [0.25, 0.3) is 11.1 Å². The number of hydrazine groups is 1. The van der Waals surface area contributed by atoms with Crippen molar-refractivity contribution in [1.29, 1.82) is 0 Å². The molecule has 0 spiro atoms. The lowest BCUT2D eigenvalue weighted by Crippen LogP contribution is -2.48. The van der Waals surface area contributed by atoms with Crippen molar-refractivity contribution in [3.8, 4) is 11.1 Å². The number of benzene rings is 2. The highest BCUT2D eigenvalue weighted by Crippen LogP contribution is 2.19. The van der Waals surface area contributed by atoms with Gasteiger partial charge < -0.3 is 0 Å². The largest absolute Gasteiger partial charge is 0.296 e. The summed E-state index contributed by atoms with van der Waals surface area (Å²) in [6.45, 7) is 5.04. The van der Waals surface area contributed by atoms with Gasteiger partial charge in [0.15, 0.2) is 0 Å². The quantitative estimate of drug-likeness (QED) is 0.866. The maximum atomic E-state index is 5.78. The van der Waals surface area contributed by atoms with E-state index in [2.05, 4.69) is 59.5 Å². The van der Waals surface area contributed by atoms with Crippen molar-refractivity contribution in [1.82, 2.24) is 9.91 Å². The van der Waals surface area contributed by atoms with Crippen LogP contribution in [0.15, 0.2) is 54.6 Å². The van der Waals surface area contributed by atoms with Crippen LogP contribution in [0.2, 0.25) is 0 Å². The highest BCUT2D eigenvalue weighted by molar-refractivity contribution is 5.63. The van der Waals surface area contributed by atoms with E-state index in [0.717, 1.165) is 32.7 Å². The second kappa shape index (κ2) is 6.18. The second-order valence-electron chi connectivity index (χ2n) is 5.38. The summed E-state index contributed by atoms with van der Waals surface area (Å²) >= 11 is 0. The molecule has 0 saturated carbocycles. The normalized spacial score (nSPS) is 17.2. The monoisotopic (exact) mass is 267 g/mol. The third-order valence-electron chi connectivity index (χ3n) is 3.87. The summed E-state index contributed by atoms with van der Waals surface area (Å²) in [5.74, 6) is 5.78. The second-order valence-corrected chi connectivity index (χ2v) is 5.38. The lowest BCUT2D eigenvalue weighted by molar-refractivity contribution is 0.128. The van der Waals surface area contributed by atoms with Crippen LogP contribution in [0.5, 0.6) is 0 Å². The Morgan fingerprint density at radius 2 is 1.35 bits per heavy atom. The van der Waals surface area contributed by atoms with Gasteiger partial charge in [0.2, 0.25) is 0 Å². The lowest BCUT2D eigenvalue weighted by Gasteiger charge is -2.31. The zero-order valence-corrected chi connectivity index (χ0v) is 11.7. The zero-order chi connectivity index (χ0) is 13.8. The Kier molecular flexibility index (Phi) is 4.11. The molecule has 0 bridgehead atoms. The molecule has 3 nitrogen and oxygen atoms in total. The van der Waals surface area contributed by atoms with Gasteiger partial charge in [-0.25, -0.2) is 5.01 Å². The average molecular weight is 267 g/mol. The van der Waals surface area contributed by atoms with Crippen LogP contribution in [-0.2, 0) is 6.54 Å². The topological polar surface area (TPSA) is 32.5 Å². The zero-order valence-electron chi connectivity index (χ0n) is 11.7. The molecule has 20 heavy (non-hydrogen) atoms. The van der Waals surface area contributed by atoms with E-state index in [4.69, 9.17) is 5.84 Å². The SMILES string of the molecule is NN1CCN(Cc2ccc(-c3ccccc3)cc2)CC1. The van der Waals surface area contributed by atoms with Gasteiger partial charge in [-0.05, 0) is 16.7 Å². The molecule has 1 saturated heterocycles. The van der Waals surface area contributed by atoms with Gasteiger partial charge in [0.25, 0.3) is 0 Å². The summed E-state index contributed by atoms with van der Waals surface area (Å²) in [6.07, 6.45) is 0. The molecular formula is C17H21N3. The third kappa shape index (κ3) is 3.25. The molecule has 2 aromatic rings. The molecule has 2 N–H and O–H groups in total. The summed E-state index contributed by atoms with van der Waals surface area (Å²) in [6, 6.07) is 19.4. The van der Waals surface area contributed by atoms with Gasteiger partial charge >= 0.3 is 0 Å². The van der Waals surface area contributed by atoms with Crippen LogP contribution in [0.3, 0.4) is 0 Å². The van der Waals surface area contributed by atoms with Crippen LogP contribution in [0.1, 0.15) is 5.56 Å². The Balaban J connectivity index is 1.65. The van der Waals surface area contributed by atoms with Crippen LogP contribution >= 0.6 is 0 Å². The average Bonchev–Trinajstić information content (AvgIpc) is 2.51. The Hall–Kier alpha value is -1.68. The first-order valence-corrected chi connectivity index (χ1v) is 7.17. The van der Waals surface area contributed by atoms with E-state index in [9.17, 15) is 0 Å². The molecule has 1 heterocycles. The van der Waals surface area contributed by atoms with Crippen molar-refractivity contribution in [3.05, 3.63) is 60.2 Å². The van der Waals surface area contributed by atoms with Gasteiger partial charge in [0.05, 0.1) is 0 Å². The first kappa shape index (κ1) is 13.3. The van der Waals surface area contributed by atoms with Crippen LogP contribution < -0.4 is 5.84 Å². The van der Waals surface area contributed by atoms with E-state index in [1.807, 2.05) is 5.01 Å². The number of piperazine rings is 1. The van der Waals surface area contributed by atoms with Crippen molar-refractivity contribution in [3.63, 3.8) is 0 Å². The molecule has 0 unspecified atom stereocenters. The van der Waals surface area contributed by atoms with Crippen molar-refractivity contribution >= 4 is 0 Å². The molecular weight excluding hydrogens is 246 g/mol. The number of hydrogen-bond acceptors (Lipinski definition) is 3. The Bertz CT molecular complexity index is 528. The molecule has 1 aliphatic heterocycles. The molecule has 3 rings (SSSR count). The van der Waals surface area contributed by atoms with Crippen molar-refractivity contribution in [2.75, 3.05) is 26.2 Å². The minimum atomic E-state index is 0.960. The molecule has 3 heteroatoms. The third-order valence-corrected chi connectivity index (χ3v) is 3.87. The highest BCUT2D eigenvalue weighted by Gasteiger charge is 2.14. The number of rotatable bonds is 3. The fourth-order valence-electron chi connectivity index (χ4n) is 2.61. The summed E-state index contributed by atoms with van der Waals surface area (Å²) in [5.41, 5.74) is 3.92. The van der Waals surface area contributed by atoms with Gasteiger partial charge in [0, 0.05) is 32.7 Å². The molecule has 0 amide bonds. The number of nitrogens with zero attached hydrogens (tertiary/aromatic N) is 2. The van der Waals surface area contributed by atoms with Gasteiger partial charge in [-0.1, -0.05) is 54.6 Å². The molecule has 104 valence electrons. The van der Waals surface area contributed by atoms with E-state index >= 15 is 0 Å². The van der Waals surface area contributed by atoms with Gasteiger partial charge in [-0.3, -0.25) is 10.7 Å². The number of nitrogens with two attached hydrogens (primary N) is 1. The van der Waals surface area contributed by atoms with E-state index in [1.165, 1.54) is 16.7 Å². The van der Waals surface area contributed by atoms with Crippen LogP contribution in [0.4, 0.5) is 0 Å². The van der Waals surface area contributed by atoms with Crippen LogP contribution in [0, 0.1) is 0 Å².